The Morgan fingerprint density at radius 3 is 3.00 bits per heavy atom. The SMILES string of the molecule is [2H]c1c([2H])c([2H])c2c(c(C(=O)O)nn2CCCCC#N)c1[2H]. The minimum absolute atomic E-state index is 0.0837. The highest BCUT2D eigenvalue weighted by molar-refractivity contribution is 6.01. The first-order valence-corrected chi connectivity index (χ1v) is 5.47. The molecule has 0 atom stereocenters. The van der Waals surface area contributed by atoms with Crippen molar-refractivity contribution in [3.8, 4) is 6.07 Å². The van der Waals surface area contributed by atoms with Crippen molar-refractivity contribution in [2.24, 2.45) is 0 Å². The van der Waals surface area contributed by atoms with Crippen LogP contribution in [-0.4, -0.2) is 20.9 Å². The van der Waals surface area contributed by atoms with Gasteiger partial charge in [-0.1, -0.05) is 18.1 Å². The van der Waals surface area contributed by atoms with Crippen LogP contribution in [0.2, 0.25) is 0 Å². The number of hydrogen-bond donors (Lipinski definition) is 1. The van der Waals surface area contributed by atoms with Crippen molar-refractivity contribution in [1.29, 1.82) is 5.26 Å². The first-order chi connectivity index (χ1) is 10.4. The normalized spacial score (nSPS) is 13.5. The van der Waals surface area contributed by atoms with Crippen molar-refractivity contribution in [2.45, 2.75) is 25.8 Å². The minimum atomic E-state index is -1.34. The molecule has 0 amide bonds. The molecule has 1 N–H and O–H groups in total. The Morgan fingerprint density at radius 1 is 1.50 bits per heavy atom. The zero-order chi connectivity index (χ0) is 16.4. The van der Waals surface area contributed by atoms with Crippen molar-refractivity contribution in [3.63, 3.8) is 0 Å². The molecule has 1 aromatic heterocycles. The molecule has 92 valence electrons. The Morgan fingerprint density at radius 2 is 2.28 bits per heavy atom. The van der Waals surface area contributed by atoms with Crippen LogP contribution in [0, 0.1) is 11.3 Å². The van der Waals surface area contributed by atoms with E-state index in [2.05, 4.69) is 5.10 Å². The van der Waals surface area contributed by atoms with E-state index in [-0.39, 0.29) is 29.2 Å². The van der Waals surface area contributed by atoms with Gasteiger partial charge in [-0.3, -0.25) is 4.68 Å². The number of aromatic carboxylic acids is 1. The highest BCUT2D eigenvalue weighted by Crippen LogP contribution is 2.18. The third-order valence-electron chi connectivity index (χ3n) is 2.49. The molecule has 0 aliphatic heterocycles. The van der Waals surface area contributed by atoms with E-state index in [9.17, 15) is 9.90 Å². The Hall–Kier alpha value is -2.35. The Kier molecular flexibility index (Phi) is 2.33. The van der Waals surface area contributed by atoms with Gasteiger partial charge in [-0.05, 0) is 18.9 Å². The Labute approximate surface area is 110 Å². The van der Waals surface area contributed by atoms with Crippen molar-refractivity contribution in [3.05, 3.63) is 29.9 Å². The van der Waals surface area contributed by atoms with Crippen LogP contribution in [0.1, 0.15) is 35.2 Å². The molecule has 5 heteroatoms. The lowest BCUT2D eigenvalue weighted by Crippen LogP contribution is -2.03. The van der Waals surface area contributed by atoms with Gasteiger partial charge in [0.05, 0.1) is 17.1 Å². The number of para-hydroxylation sites is 1. The molecule has 0 saturated heterocycles. The van der Waals surface area contributed by atoms with Gasteiger partial charge < -0.3 is 5.11 Å². The van der Waals surface area contributed by atoms with E-state index in [0.29, 0.717) is 19.3 Å². The molecule has 2 aromatic rings. The largest absolute Gasteiger partial charge is 0.476 e. The van der Waals surface area contributed by atoms with Gasteiger partial charge in [0.2, 0.25) is 0 Å². The van der Waals surface area contributed by atoms with Gasteiger partial charge in [-0.2, -0.15) is 10.4 Å². The summed E-state index contributed by atoms with van der Waals surface area (Å²) in [5.74, 6) is -1.34. The molecule has 1 heterocycles. The number of hydrogen-bond acceptors (Lipinski definition) is 3. The highest BCUT2D eigenvalue weighted by Gasteiger charge is 2.15. The zero-order valence-corrected chi connectivity index (χ0v) is 9.53. The summed E-state index contributed by atoms with van der Waals surface area (Å²) in [5.41, 5.74) is -0.303. The maximum Gasteiger partial charge on any atom is 0.357 e. The van der Waals surface area contributed by atoms with E-state index < -0.39 is 24.1 Å². The number of nitriles is 1. The molecule has 2 rings (SSSR count). The highest BCUT2D eigenvalue weighted by atomic mass is 16.4. The van der Waals surface area contributed by atoms with E-state index >= 15 is 0 Å². The lowest BCUT2D eigenvalue weighted by molar-refractivity contribution is 0.0691. The molecule has 1 aromatic carbocycles. The molecular weight excluding hydrogens is 230 g/mol. The summed E-state index contributed by atoms with van der Waals surface area (Å²) in [6.07, 6.45) is 1.53. The molecule has 18 heavy (non-hydrogen) atoms. The first kappa shape index (κ1) is 7.88. The van der Waals surface area contributed by atoms with E-state index in [0.717, 1.165) is 0 Å². The van der Waals surface area contributed by atoms with Gasteiger partial charge in [0.25, 0.3) is 0 Å². The Bertz CT molecular complexity index is 795. The summed E-state index contributed by atoms with van der Waals surface area (Å²) in [5, 5.41) is 21.6. The van der Waals surface area contributed by atoms with Gasteiger partial charge in [0.1, 0.15) is 0 Å². The van der Waals surface area contributed by atoms with Crippen LogP contribution in [0.3, 0.4) is 0 Å². The average Bonchev–Trinajstić information content (AvgIpc) is 2.87. The van der Waals surface area contributed by atoms with Crippen molar-refractivity contribution >= 4 is 16.9 Å². The second-order valence-electron chi connectivity index (χ2n) is 3.72. The summed E-state index contributed by atoms with van der Waals surface area (Å²) in [6.45, 7) is 0.285. The molecule has 5 nitrogen and oxygen atoms in total. The van der Waals surface area contributed by atoms with Crippen LogP contribution in [0.15, 0.2) is 24.2 Å². The standard InChI is InChI=1S/C13H13N3O2/c14-8-4-1-5-9-16-11-7-3-2-6-10(11)12(15-16)13(17)18/h2-3,6-7H,1,4-5,9H2,(H,17,18)/i2D,3D,6D,7D. The lowest BCUT2D eigenvalue weighted by atomic mass is 10.2. The number of aromatic nitrogens is 2. The number of carboxylic acid groups (broad SMARTS) is 1. The number of aryl methyl sites for hydroxylation is 1. The van der Waals surface area contributed by atoms with Gasteiger partial charge in [-0.25, -0.2) is 4.79 Å². The molecule has 0 spiro atoms. The third kappa shape index (κ3) is 2.33. The second kappa shape index (κ2) is 5.32. The van der Waals surface area contributed by atoms with Crippen LogP contribution in [0.4, 0.5) is 0 Å². The van der Waals surface area contributed by atoms with Crippen LogP contribution in [-0.2, 0) is 6.54 Å². The van der Waals surface area contributed by atoms with Gasteiger partial charge in [0, 0.05) is 18.4 Å². The number of nitrogens with zero attached hydrogens (tertiary/aromatic N) is 3. The van der Waals surface area contributed by atoms with Crippen LogP contribution < -0.4 is 0 Å². The molecule has 0 fully saturated rings. The van der Waals surface area contributed by atoms with E-state index in [1.807, 2.05) is 6.07 Å². The fourth-order valence-electron chi connectivity index (χ4n) is 1.67. The fourth-order valence-corrected chi connectivity index (χ4v) is 1.67. The van der Waals surface area contributed by atoms with Crippen molar-refractivity contribution in [1.82, 2.24) is 9.78 Å². The molecule has 0 radical (unpaired) electrons. The average molecular weight is 247 g/mol. The van der Waals surface area contributed by atoms with Crippen LogP contribution in [0.5, 0.6) is 0 Å². The number of carboxylic acids is 1. The summed E-state index contributed by atoms with van der Waals surface area (Å²) in [6, 6.07) is 0.385. The molecule has 0 saturated carbocycles. The smallest absolute Gasteiger partial charge is 0.357 e. The minimum Gasteiger partial charge on any atom is -0.476 e. The maximum absolute atomic E-state index is 11.3. The predicted octanol–water partition coefficient (Wildman–Crippen LogP) is 2.43. The summed E-state index contributed by atoms with van der Waals surface area (Å²) >= 11 is 0. The topological polar surface area (TPSA) is 78.9 Å². The number of rotatable bonds is 5. The monoisotopic (exact) mass is 247 g/mol. The molecule has 0 aliphatic carbocycles. The number of unbranched alkanes of at least 4 members (excludes halogenated alkanes) is 2. The number of fused-ring (bicyclic) bond motifs is 1. The quantitative estimate of drug-likeness (QED) is 0.823. The summed E-state index contributed by atoms with van der Waals surface area (Å²) < 4.78 is 32.4. The summed E-state index contributed by atoms with van der Waals surface area (Å²) in [4.78, 5) is 11.3. The van der Waals surface area contributed by atoms with Crippen molar-refractivity contribution < 1.29 is 15.4 Å². The van der Waals surface area contributed by atoms with Crippen LogP contribution in [0.25, 0.3) is 10.9 Å². The number of carbonyl (C=O) groups is 1. The van der Waals surface area contributed by atoms with E-state index in [1.165, 1.54) is 4.68 Å². The summed E-state index contributed by atoms with van der Waals surface area (Å²) in [7, 11) is 0. The third-order valence-corrected chi connectivity index (χ3v) is 2.49. The predicted molar refractivity (Wildman–Crippen MR) is 66.2 cm³/mol. The first-order valence-electron chi connectivity index (χ1n) is 7.47. The molecule has 0 unspecified atom stereocenters. The van der Waals surface area contributed by atoms with E-state index in [1.54, 1.807) is 0 Å². The van der Waals surface area contributed by atoms with Gasteiger partial charge >= 0.3 is 5.97 Å². The van der Waals surface area contributed by atoms with E-state index in [4.69, 9.17) is 10.7 Å². The Balaban J connectivity index is 2.63. The van der Waals surface area contributed by atoms with Gasteiger partial charge in [0.15, 0.2) is 5.69 Å². The van der Waals surface area contributed by atoms with Gasteiger partial charge in [-0.15, -0.1) is 0 Å². The second-order valence-corrected chi connectivity index (χ2v) is 3.72. The fraction of sp³-hybridized carbons (Fsp3) is 0.308. The molecule has 0 aliphatic rings. The maximum atomic E-state index is 11.3. The zero-order valence-electron chi connectivity index (χ0n) is 13.5. The molecule has 0 bridgehead atoms. The lowest BCUT2D eigenvalue weighted by Gasteiger charge is -2.01. The molecular formula is C13H13N3O2. The number of benzene rings is 1. The van der Waals surface area contributed by atoms with Crippen LogP contribution >= 0.6 is 0 Å². The van der Waals surface area contributed by atoms with Crippen molar-refractivity contribution in [2.75, 3.05) is 0 Å².